The highest BCUT2D eigenvalue weighted by Gasteiger charge is 2.36. The number of benzene rings is 2. The molecule has 0 aromatic heterocycles. The summed E-state index contributed by atoms with van der Waals surface area (Å²) in [5, 5.41) is 2.91. The van der Waals surface area contributed by atoms with E-state index in [-0.39, 0.29) is 24.2 Å². The first kappa shape index (κ1) is 16.1. The van der Waals surface area contributed by atoms with E-state index in [1.807, 2.05) is 54.6 Å². The number of amides is 2. The number of nitrogens with one attached hydrogen (secondary N) is 1. The van der Waals surface area contributed by atoms with Crippen molar-refractivity contribution in [2.24, 2.45) is 5.92 Å². The summed E-state index contributed by atoms with van der Waals surface area (Å²) >= 11 is 0. The first-order valence-electron chi connectivity index (χ1n) is 7.94. The molecule has 1 saturated heterocycles. The highest BCUT2D eigenvalue weighted by Crippen LogP contribution is 2.32. The van der Waals surface area contributed by atoms with Gasteiger partial charge in [-0.15, -0.1) is 0 Å². The number of hydrogen-bond donors (Lipinski definition) is 1. The lowest BCUT2D eigenvalue weighted by molar-refractivity contribution is -0.126. The monoisotopic (exact) mass is 324 g/mol. The van der Waals surface area contributed by atoms with Gasteiger partial charge in [-0.1, -0.05) is 42.5 Å². The van der Waals surface area contributed by atoms with E-state index in [4.69, 9.17) is 4.74 Å². The summed E-state index contributed by atoms with van der Waals surface area (Å²) in [6.07, 6.45) is 0.221. The molecular formula is C19H20N2O3. The zero-order valence-corrected chi connectivity index (χ0v) is 13.6. The minimum absolute atomic E-state index is 0.0561. The Morgan fingerprint density at radius 2 is 1.88 bits per heavy atom. The lowest BCUT2D eigenvalue weighted by atomic mass is 10.1. The van der Waals surface area contributed by atoms with Crippen LogP contribution in [0.1, 0.15) is 12.0 Å². The summed E-state index contributed by atoms with van der Waals surface area (Å²) in [4.78, 5) is 26.3. The van der Waals surface area contributed by atoms with E-state index < -0.39 is 0 Å². The number of nitrogens with zero attached hydrogens (tertiary/aromatic N) is 1. The summed E-state index contributed by atoms with van der Waals surface area (Å²) in [7, 11) is 1.57. The Morgan fingerprint density at radius 1 is 1.17 bits per heavy atom. The van der Waals surface area contributed by atoms with Crippen LogP contribution in [-0.2, 0) is 16.1 Å². The Hall–Kier alpha value is -2.82. The lowest BCUT2D eigenvalue weighted by Crippen LogP contribution is -2.32. The Balaban J connectivity index is 1.65. The van der Waals surface area contributed by atoms with Gasteiger partial charge in [0, 0.05) is 19.5 Å². The van der Waals surface area contributed by atoms with Crippen molar-refractivity contribution in [2.75, 3.05) is 18.6 Å². The van der Waals surface area contributed by atoms with E-state index in [2.05, 4.69) is 5.32 Å². The molecule has 124 valence electrons. The largest absolute Gasteiger partial charge is 0.495 e. The van der Waals surface area contributed by atoms with Crippen LogP contribution >= 0.6 is 0 Å². The van der Waals surface area contributed by atoms with Gasteiger partial charge in [0.05, 0.1) is 18.7 Å². The number of rotatable bonds is 5. The van der Waals surface area contributed by atoms with Crippen LogP contribution in [0, 0.1) is 5.92 Å². The van der Waals surface area contributed by atoms with Crippen LogP contribution in [-0.4, -0.2) is 25.5 Å². The Morgan fingerprint density at radius 3 is 2.62 bits per heavy atom. The third-order valence-electron chi connectivity index (χ3n) is 4.18. The molecule has 1 atom stereocenters. The number of para-hydroxylation sites is 2. The van der Waals surface area contributed by atoms with Gasteiger partial charge in [0.15, 0.2) is 0 Å². The van der Waals surface area contributed by atoms with Crippen molar-refractivity contribution in [3.8, 4) is 5.75 Å². The van der Waals surface area contributed by atoms with Crippen molar-refractivity contribution in [3.63, 3.8) is 0 Å². The maximum atomic E-state index is 12.4. The van der Waals surface area contributed by atoms with Gasteiger partial charge < -0.3 is 15.0 Å². The van der Waals surface area contributed by atoms with Crippen LogP contribution < -0.4 is 15.0 Å². The summed E-state index contributed by atoms with van der Waals surface area (Å²) in [5.41, 5.74) is 1.75. The number of methoxy groups -OCH3 is 1. The minimum Gasteiger partial charge on any atom is -0.495 e. The van der Waals surface area contributed by atoms with E-state index in [0.29, 0.717) is 24.5 Å². The van der Waals surface area contributed by atoms with Crippen molar-refractivity contribution in [1.82, 2.24) is 5.32 Å². The number of ether oxygens (including phenoxy) is 1. The zero-order valence-electron chi connectivity index (χ0n) is 13.6. The molecule has 3 rings (SSSR count). The molecule has 0 saturated carbocycles. The zero-order chi connectivity index (χ0) is 16.9. The molecule has 0 aliphatic carbocycles. The average molecular weight is 324 g/mol. The third-order valence-corrected chi connectivity index (χ3v) is 4.18. The van der Waals surface area contributed by atoms with Crippen LogP contribution in [0.15, 0.2) is 54.6 Å². The van der Waals surface area contributed by atoms with E-state index >= 15 is 0 Å². The highest BCUT2D eigenvalue weighted by atomic mass is 16.5. The SMILES string of the molecule is COc1ccccc1N1C[C@@H](C(=O)NCc2ccccc2)CC1=O. The first-order chi connectivity index (χ1) is 11.7. The maximum absolute atomic E-state index is 12.4. The molecule has 1 heterocycles. The molecule has 5 heteroatoms. The normalized spacial score (nSPS) is 17.0. The molecule has 0 radical (unpaired) electrons. The van der Waals surface area contributed by atoms with Crippen molar-refractivity contribution in [3.05, 3.63) is 60.2 Å². The standard InChI is InChI=1S/C19H20N2O3/c1-24-17-10-6-5-9-16(17)21-13-15(11-18(21)22)19(23)20-12-14-7-3-2-4-8-14/h2-10,15H,11-13H2,1H3,(H,20,23)/t15-/m0/s1. The van der Waals surface area contributed by atoms with Gasteiger partial charge >= 0.3 is 0 Å². The number of carbonyl (C=O) groups is 2. The number of hydrogen-bond acceptors (Lipinski definition) is 3. The maximum Gasteiger partial charge on any atom is 0.227 e. The summed E-state index contributed by atoms with van der Waals surface area (Å²) in [5.74, 6) is 0.145. The second-order valence-electron chi connectivity index (χ2n) is 5.78. The molecule has 1 N–H and O–H groups in total. The van der Waals surface area contributed by atoms with Crippen molar-refractivity contribution >= 4 is 17.5 Å². The van der Waals surface area contributed by atoms with E-state index in [1.165, 1.54) is 0 Å². The van der Waals surface area contributed by atoms with Crippen LogP contribution in [0.3, 0.4) is 0 Å². The molecule has 1 aliphatic rings. The highest BCUT2D eigenvalue weighted by molar-refractivity contribution is 6.01. The van der Waals surface area contributed by atoms with Gasteiger partial charge in [-0.2, -0.15) is 0 Å². The third kappa shape index (κ3) is 3.40. The number of anilines is 1. The quantitative estimate of drug-likeness (QED) is 0.918. The molecule has 2 aromatic carbocycles. The smallest absolute Gasteiger partial charge is 0.227 e. The molecule has 24 heavy (non-hydrogen) atoms. The second kappa shape index (κ2) is 7.17. The number of carbonyl (C=O) groups excluding carboxylic acids is 2. The Kier molecular flexibility index (Phi) is 4.79. The van der Waals surface area contributed by atoms with Crippen molar-refractivity contribution in [2.45, 2.75) is 13.0 Å². The van der Waals surface area contributed by atoms with Crippen LogP contribution in [0.2, 0.25) is 0 Å². The lowest BCUT2D eigenvalue weighted by Gasteiger charge is -2.19. The van der Waals surface area contributed by atoms with Crippen LogP contribution in [0.25, 0.3) is 0 Å². The predicted octanol–water partition coefficient (Wildman–Crippen LogP) is 2.36. The topological polar surface area (TPSA) is 58.6 Å². The molecule has 1 aliphatic heterocycles. The fourth-order valence-corrected chi connectivity index (χ4v) is 2.90. The second-order valence-corrected chi connectivity index (χ2v) is 5.78. The molecule has 2 aromatic rings. The fraction of sp³-hybridized carbons (Fsp3) is 0.263. The molecule has 0 spiro atoms. The van der Waals surface area contributed by atoms with Crippen molar-refractivity contribution in [1.29, 1.82) is 0 Å². The van der Waals surface area contributed by atoms with Gasteiger partial charge in [0.25, 0.3) is 0 Å². The predicted molar refractivity (Wildman–Crippen MR) is 91.7 cm³/mol. The molecule has 5 nitrogen and oxygen atoms in total. The Bertz CT molecular complexity index is 730. The van der Waals surface area contributed by atoms with Gasteiger partial charge in [-0.25, -0.2) is 0 Å². The summed E-state index contributed by atoms with van der Waals surface area (Å²) < 4.78 is 5.31. The molecular weight excluding hydrogens is 304 g/mol. The van der Waals surface area contributed by atoms with Gasteiger partial charge in [-0.05, 0) is 17.7 Å². The van der Waals surface area contributed by atoms with E-state index in [1.54, 1.807) is 12.0 Å². The summed E-state index contributed by atoms with van der Waals surface area (Å²) in [6, 6.07) is 17.1. The minimum atomic E-state index is -0.342. The van der Waals surface area contributed by atoms with Crippen molar-refractivity contribution < 1.29 is 14.3 Å². The van der Waals surface area contributed by atoms with Crippen LogP contribution in [0.4, 0.5) is 5.69 Å². The average Bonchev–Trinajstić information content (AvgIpc) is 3.02. The van der Waals surface area contributed by atoms with E-state index in [9.17, 15) is 9.59 Å². The Labute approximate surface area is 141 Å². The first-order valence-corrected chi connectivity index (χ1v) is 7.94. The van der Waals surface area contributed by atoms with Gasteiger partial charge in [0.2, 0.25) is 11.8 Å². The fourth-order valence-electron chi connectivity index (χ4n) is 2.90. The molecule has 0 bridgehead atoms. The molecule has 2 amide bonds. The molecule has 1 fully saturated rings. The summed E-state index contributed by atoms with van der Waals surface area (Å²) in [6.45, 7) is 0.846. The van der Waals surface area contributed by atoms with Crippen LogP contribution in [0.5, 0.6) is 5.75 Å². The van der Waals surface area contributed by atoms with Gasteiger partial charge in [-0.3, -0.25) is 9.59 Å². The van der Waals surface area contributed by atoms with Gasteiger partial charge in [0.1, 0.15) is 5.75 Å². The molecule has 0 unspecified atom stereocenters. The van der Waals surface area contributed by atoms with E-state index in [0.717, 1.165) is 5.56 Å².